The van der Waals surface area contributed by atoms with Gasteiger partial charge in [0.25, 0.3) is 4.90 Å². The molecule has 1 aliphatic heterocycles. The molecule has 0 atom stereocenters. The van der Waals surface area contributed by atoms with Crippen molar-refractivity contribution in [2.24, 2.45) is 0 Å². The number of rotatable bonds is 5. The summed E-state index contributed by atoms with van der Waals surface area (Å²) >= 11 is -1.07. The van der Waals surface area contributed by atoms with Gasteiger partial charge in [-0.1, -0.05) is 6.07 Å². The fraction of sp³-hybridized carbons (Fsp3) is 0.700. The van der Waals surface area contributed by atoms with Crippen molar-refractivity contribution in [3.05, 3.63) is 23.8 Å². The summed E-state index contributed by atoms with van der Waals surface area (Å²) in [5, 5.41) is 0. The third-order valence-corrected chi connectivity index (χ3v) is 8.26. The quantitative estimate of drug-likeness (QED) is 0.613. The van der Waals surface area contributed by atoms with Crippen molar-refractivity contribution in [1.82, 2.24) is 0 Å². The summed E-state index contributed by atoms with van der Waals surface area (Å²) in [4.78, 5) is 0.613. The SMILES string of the molecule is CC1(C)O[S+](c2cc(CS(C)(=O)=O)ccc2OC2CCC(F)(F)CC2)OC1(C)C. The van der Waals surface area contributed by atoms with Crippen molar-refractivity contribution < 1.29 is 30.3 Å². The van der Waals surface area contributed by atoms with Gasteiger partial charge in [-0.3, -0.25) is 0 Å². The lowest BCUT2D eigenvalue weighted by molar-refractivity contribution is -0.0586. The number of benzene rings is 1. The van der Waals surface area contributed by atoms with Gasteiger partial charge in [0.15, 0.2) is 26.8 Å². The van der Waals surface area contributed by atoms with E-state index in [9.17, 15) is 17.2 Å². The van der Waals surface area contributed by atoms with Crippen LogP contribution in [0.25, 0.3) is 0 Å². The van der Waals surface area contributed by atoms with Crippen LogP contribution >= 0.6 is 0 Å². The average Bonchev–Trinajstić information content (AvgIpc) is 2.77. The van der Waals surface area contributed by atoms with Crippen LogP contribution in [-0.4, -0.2) is 37.9 Å². The van der Waals surface area contributed by atoms with Gasteiger partial charge < -0.3 is 4.74 Å². The summed E-state index contributed by atoms with van der Waals surface area (Å²) in [5.41, 5.74) is -0.521. The highest BCUT2D eigenvalue weighted by Crippen LogP contribution is 2.46. The summed E-state index contributed by atoms with van der Waals surface area (Å²) in [6, 6.07) is 5.11. The van der Waals surface area contributed by atoms with Gasteiger partial charge in [-0.05, 0) is 52.2 Å². The highest BCUT2D eigenvalue weighted by Gasteiger charge is 2.60. The number of halogens is 2. The second-order valence-electron chi connectivity index (χ2n) is 8.95. The van der Waals surface area contributed by atoms with Crippen LogP contribution in [0.5, 0.6) is 5.75 Å². The molecule has 1 heterocycles. The Morgan fingerprint density at radius 3 is 2.17 bits per heavy atom. The largest absolute Gasteiger partial charge is 0.485 e. The minimum Gasteiger partial charge on any atom is -0.485 e. The Kier molecular flexibility index (Phi) is 6.01. The number of hydrogen-bond acceptors (Lipinski definition) is 5. The van der Waals surface area contributed by atoms with E-state index in [1.54, 1.807) is 18.2 Å². The molecule has 0 spiro atoms. The molecular formula is C20H29F2O5S2+. The van der Waals surface area contributed by atoms with Gasteiger partial charge in [0, 0.05) is 25.2 Å². The standard InChI is InChI=1S/C20H29F2O5S2/c1-18(2)19(3,4)27-28(26-18)17-12-14(13-29(5,23)24)6-7-16(17)25-15-8-10-20(21,22)11-9-15/h6-7,12,15H,8-11,13H2,1-5H3/q+1. The number of alkyl halides is 2. The van der Waals surface area contributed by atoms with Crippen molar-refractivity contribution >= 4 is 21.3 Å². The predicted molar refractivity (Wildman–Crippen MR) is 109 cm³/mol. The van der Waals surface area contributed by atoms with Crippen LogP contribution in [0.15, 0.2) is 23.1 Å². The highest BCUT2D eigenvalue weighted by atomic mass is 32.2. The van der Waals surface area contributed by atoms with Crippen LogP contribution in [-0.2, 0) is 35.4 Å². The van der Waals surface area contributed by atoms with Gasteiger partial charge in [-0.25, -0.2) is 17.2 Å². The second-order valence-corrected chi connectivity index (χ2v) is 12.3. The molecule has 0 amide bonds. The Balaban J connectivity index is 1.89. The molecule has 1 saturated heterocycles. The van der Waals surface area contributed by atoms with Gasteiger partial charge in [-0.2, -0.15) is 0 Å². The molecule has 164 valence electrons. The molecule has 1 saturated carbocycles. The zero-order valence-corrected chi connectivity index (χ0v) is 19.1. The molecule has 1 aromatic rings. The fourth-order valence-corrected chi connectivity index (χ4v) is 5.85. The molecule has 0 aromatic heterocycles. The lowest BCUT2D eigenvalue weighted by Crippen LogP contribution is -2.41. The van der Waals surface area contributed by atoms with E-state index in [-0.39, 0.29) is 37.5 Å². The van der Waals surface area contributed by atoms with Gasteiger partial charge in [-0.15, -0.1) is 8.37 Å². The number of ether oxygens (including phenoxy) is 1. The normalized spacial score (nSPS) is 24.5. The highest BCUT2D eigenvalue weighted by molar-refractivity contribution is 7.90. The van der Waals surface area contributed by atoms with Crippen molar-refractivity contribution in [1.29, 1.82) is 0 Å². The summed E-state index contributed by atoms with van der Waals surface area (Å²) in [7, 11) is -3.22. The van der Waals surface area contributed by atoms with Crippen molar-refractivity contribution in [2.75, 3.05) is 6.26 Å². The Morgan fingerprint density at radius 2 is 1.66 bits per heavy atom. The van der Waals surface area contributed by atoms with Crippen molar-refractivity contribution in [2.45, 2.75) is 87.3 Å². The van der Waals surface area contributed by atoms with Gasteiger partial charge in [0.1, 0.15) is 0 Å². The molecule has 0 radical (unpaired) electrons. The molecule has 5 nitrogen and oxygen atoms in total. The summed E-state index contributed by atoms with van der Waals surface area (Å²) in [6.07, 6.45) is 1.00. The molecule has 0 bridgehead atoms. The molecule has 0 N–H and O–H groups in total. The van der Waals surface area contributed by atoms with E-state index in [0.717, 1.165) is 0 Å². The molecule has 3 rings (SSSR count). The smallest absolute Gasteiger partial charge is 0.361 e. The van der Waals surface area contributed by atoms with E-state index in [0.29, 0.717) is 16.2 Å². The Hall–Kier alpha value is -0.900. The zero-order valence-electron chi connectivity index (χ0n) is 17.5. The van der Waals surface area contributed by atoms with Crippen LogP contribution in [0.3, 0.4) is 0 Å². The first kappa shape index (κ1) is 22.8. The van der Waals surface area contributed by atoms with E-state index < -0.39 is 38.4 Å². The first-order valence-electron chi connectivity index (χ1n) is 9.66. The van der Waals surface area contributed by atoms with Gasteiger partial charge in [0.05, 0.1) is 11.9 Å². The van der Waals surface area contributed by atoms with Crippen LogP contribution in [0.1, 0.15) is 58.9 Å². The fourth-order valence-electron chi connectivity index (χ4n) is 3.17. The lowest BCUT2D eigenvalue weighted by atomic mass is 9.90. The maximum absolute atomic E-state index is 13.5. The Bertz CT molecular complexity index is 842. The van der Waals surface area contributed by atoms with Crippen LogP contribution in [0.2, 0.25) is 0 Å². The van der Waals surface area contributed by atoms with Crippen LogP contribution in [0, 0.1) is 0 Å². The predicted octanol–water partition coefficient (Wildman–Crippen LogP) is 4.60. The van der Waals surface area contributed by atoms with Gasteiger partial charge >= 0.3 is 11.5 Å². The van der Waals surface area contributed by atoms with E-state index in [1.807, 2.05) is 27.7 Å². The molecule has 9 heteroatoms. The molecule has 0 unspecified atom stereocenters. The number of hydrogen-bond donors (Lipinski definition) is 0. The third-order valence-electron chi connectivity index (χ3n) is 5.59. The van der Waals surface area contributed by atoms with Gasteiger partial charge in [0.2, 0.25) is 5.92 Å². The summed E-state index contributed by atoms with van der Waals surface area (Å²) < 4.78 is 68.8. The zero-order chi connectivity index (χ0) is 21.7. The molecule has 1 aliphatic carbocycles. The molecule has 29 heavy (non-hydrogen) atoms. The lowest BCUT2D eigenvalue weighted by Gasteiger charge is -2.28. The van der Waals surface area contributed by atoms with Crippen molar-refractivity contribution in [3.63, 3.8) is 0 Å². The topological polar surface area (TPSA) is 61.8 Å². The van der Waals surface area contributed by atoms with Crippen LogP contribution in [0.4, 0.5) is 8.78 Å². The van der Waals surface area contributed by atoms with Crippen LogP contribution < -0.4 is 4.74 Å². The average molecular weight is 452 g/mol. The minimum absolute atomic E-state index is 0.111. The molecular weight excluding hydrogens is 422 g/mol. The Morgan fingerprint density at radius 1 is 1.10 bits per heavy atom. The van der Waals surface area contributed by atoms with Crippen molar-refractivity contribution in [3.8, 4) is 5.75 Å². The Labute approximate surface area is 174 Å². The maximum Gasteiger partial charge on any atom is 0.361 e. The monoisotopic (exact) mass is 451 g/mol. The first-order chi connectivity index (χ1) is 13.2. The molecule has 2 aliphatic rings. The molecule has 1 aromatic carbocycles. The number of sulfone groups is 1. The minimum atomic E-state index is -3.22. The third kappa shape index (κ3) is 5.42. The molecule has 2 fully saturated rings. The maximum atomic E-state index is 13.5. The van der Waals surface area contributed by atoms with E-state index in [1.165, 1.54) is 6.26 Å². The second kappa shape index (κ2) is 7.66. The summed E-state index contributed by atoms with van der Waals surface area (Å²) in [5.74, 6) is -2.25. The summed E-state index contributed by atoms with van der Waals surface area (Å²) in [6.45, 7) is 7.74. The van der Waals surface area contributed by atoms with E-state index in [4.69, 9.17) is 13.1 Å². The van der Waals surface area contributed by atoms with E-state index >= 15 is 0 Å². The van der Waals surface area contributed by atoms with E-state index in [2.05, 4.69) is 0 Å². The first-order valence-corrected chi connectivity index (χ1v) is 12.8.